The van der Waals surface area contributed by atoms with Crippen molar-refractivity contribution < 1.29 is 18.3 Å². The Kier molecular flexibility index (Phi) is 6.43. The van der Waals surface area contributed by atoms with Crippen LogP contribution in [0.3, 0.4) is 0 Å². The first-order valence-electron chi connectivity index (χ1n) is 10.3. The Labute approximate surface area is 190 Å². The van der Waals surface area contributed by atoms with E-state index in [1.807, 2.05) is 6.92 Å². The maximum atomic E-state index is 13.1. The molecule has 4 N–H and O–H groups in total. The Balaban J connectivity index is 1.54. The molecule has 31 heavy (non-hydrogen) atoms. The molecule has 4 rings (SSSR count). The fourth-order valence-electron chi connectivity index (χ4n) is 4.17. The van der Waals surface area contributed by atoms with Gasteiger partial charge in [0.15, 0.2) is 15.6 Å². The van der Waals surface area contributed by atoms with E-state index in [0.717, 1.165) is 42.9 Å². The predicted octanol–water partition coefficient (Wildman–Crippen LogP) is 3.54. The van der Waals surface area contributed by atoms with Crippen LogP contribution < -0.4 is 16.0 Å². The standard InChI is InChI=1S/C20H25ClN4O4S2/c1-11-23-17-14(5-2-6-16(17)30-11)24-20(27)25-15-8-7-13(21)19(18(15)26)31(28,29)12-4-3-9-22-10-12/h7-8,12,14,22,26H,2-6,9-10H2,1H3,(H2,24,25,27). The minimum Gasteiger partial charge on any atom is -0.504 e. The number of anilines is 1. The summed E-state index contributed by atoms with van der Waals surface area (Å²) in [6, 6.07) is 2.01. The monoisotopic (exact) mass is 484 g/mol. The largest absolute Gasteiger partial charge is 0.504 e. The molecule has 2 aliphatic rings. The molecule has 11 heteroatoms. The molecule has 2 heterocycles. The molecule has 1 aliphatic heterocycles. The van der Waals surface area contributed by atoms with Crippen molar-refractivity contribution in [2.45, 2.75) is 55.2 Å². The third kappa shape index (κ3) is 4.52. The summed E-state index contributed by atoms with van der Waals surface area (Å²) in [5.41, 5.74) is 0.882. The second-order valence-electron chi connectivity index (χ2n) is 7.87. The molecule has 1 saturated heterocycles. The molecular weight excluding hydrogens is 460 g/mol. The van der Waals surface area contributed by atoms with Crippen LogP contribution in [0, 0.1) is 6.92 Å². The first kappa shape index (κ1) is 22.3. The quantitative estimate of drug-likeness (QED) is 0.492. The molecule has 168 valence electrons. The van der Waals surface area contributed by atoms with Crippen LogP contribution in [0.2, 0.25) is 5.02 Å². The Bertz CT molecular complexity index is 1100. The maximum Gasteiger partial charge on any atom is 0.319 e. The van der Waals surface area contributed by atoms with Gasteiger partial charge in [0.1, 0.15) is 4.90 Å². The molecule has 1 fully saturated rings. The summed E-state index contributed by atoms with van der Waals surface area (Å²) >= 11 is 7.80. The molecule has 1 aromatic heterocycles. The Hall–Kier alpha value is -1.88. The number of halogens is 1. The summed E-state index contributed by atoms with van der Waals surface area (Å²) in [7, 11) is -3.87. The number of carbonyl (C=O) groups is 1. The van der Waals surface area contributed by atoms with E-state index in [0.29, 0.717) is 13.0 Å². The van der Waals surface area contributed by atoms with E-state index in [1.165, 1.54) is 17.0 Å². The van der Waals surface area contributed by atoms with Crippen molar-refractivity contribution in [2.24, 2.45) is 0 Å². The number of aromatic nitrogens is 1. The second-order valence-corrected chi connectivity index (χ2v) is 11.7. The summed E-state index contributed by atoms with van der Waals surface area (Å²) in [5.74, 6) is -0.540. The van der Waals surface area contributed by atoms with Crippen molar-refractivity contribution in [3.05, 3.63) is 32.7 Å². The number of carbonyl (C=O) groups excluding carboxylic acids is 1. The number of aryl methyl sites for hydroxylation is 2. The predicted molar refractivity (Wildman–Crippen MR) is 121 cm³/mol. The molecule has 0 spiro atoms. The molecule has 2 unspecified atom stereocenters. The molecule has 2 aromatic rings. The van der Waals surface area contributed by atoms with Crippen LogP contribution in [0.25, 0.3) is 0 Å². The van der Waals surface area contributed by atoms with Crippen molar-refractivity contribution >= 4 is 44.5 Å². The summed E-state index contributed by atoms with van der Waals surface area (Å²) in [6.07, 6.45) is 3.88. The second kappa shape index (κ2) is 8.93. The summed E-state index contributed by atoms with van der Waals surface area (Å²) in [6.45, 7) is 3.00. The number of phenolic OH excluding ortho intramolecular Hbond substituents is 1. The lowest BCUT2D eigenvalue weighted by molar-refractivity contribution is 0.246. The number of urea groups is 1. The van der Waals surface area contributed by atoms with E-state index in [1.54, 1.807) is 11.3 Å². The number of piperidine rings is 1. The van der Waals surface area contributed by atoms with Gasteiger partial charge < -0.3 is 21.1 Å². The van der Waals surface area contributed by atoms with Crippen LogP contribution in [0.1, 0.15) is 47.3 Å². The SMILES string of the molecule is Cc1nc2c(s1)CCCC2NC(=O)Nc1ccc(Cl)c(S(=O)(=O)C2CCCNC2)c1O. The molecule has 8 nitrogen and oxygen atoms in total. The minimum absolute atomic E-state index is 0.00488. The highest BCUT2D eigenvalue weighted by molar-refractivity contribution is 7.92. The number of phenols is 1. The zero-order valence-corrected chi connectivity index (χ0v) is 19.5. The van der Waals surface area contributed by atoms with E-state index in [4.69, 9.17) is 11.6 Å². The zero-order valence-electron chi connectivity index (χ0n) is 17.1. The third-order valence-corrected chi connectivity index (χ3v) is 9.41. The third-order valence-electron chi connectivity index (χ3n) is 5.67. The molecule has 2 atom stereocenters. The Morgan fingerprint density at radius 2 is 2.13 bits per heavy atom. The van der Waals surface area contributed by atoms with Gasteiger partial charge in [-0.25, -0.2) is 18.2 Å². The first-order valence-corrected chi connectivity index (χ1v) is 13.0. The number of aromatic hydroxyl groups is 1. The normalized spacial score (nSPS) is 21.4. The van der Waals surface area contributed by atoms with Crippen LogP contribution in [0.5, 0.6) is 5.75 Å². The van der Waals surface area contributed by atoms with Crippen LogP contribution in [-0.4, -0.2) is 42.9 Å². The van der Waals surface area contributed by atoms with E-state index < -0.39 is 26.9 Å². The van der Waals surface area contributed by atoms with Gasteiger partial charge in [0.25, 0.3) is 0 Å². The molecular formula is C20H25ClN4O4S2. The lowest BCUT2D eigenvalue weighted by Crippen LogP contribution is -2.39. The van der Waals surface area contributed by atoms with Gasteiger partial charge in [-0.3, -0.25) is 0 Å². The number of fused-ring (bicyclic) bond motifs is 1. The number of hydrogen-bond acceptors (Lipinski definition) is 7. The van der Waals surface area contributed by atoms with Gasteiger partial charge >= 0.3 is 6.03 Å². The Morgan fingerprint density at radius 3 is 2.87 bits per heavy atom. The minimum atomic E-state index is -3.87. The van der Waals surface area contributed by atoms with E-state index in [2.05, 4.69) is 20.9 Å². The number of thiazole rings is 1. The van der Waals surface area contributed by atoms with Crippen molar-refractivity contribution in [3.63, 3.8) is 0 Å². The van der Waals surface area contributed by atoms with Gasteiger partial charge in [-0.2, -0.15) is 0 Å². The van der Waals surface area contributed by atoms with Gasteiger partial charge in [-0.05, 0) is 57.7 Å². The fraction of sp³-hybridized carbons (Fsp3) is 0.500. The van der Waals surface area contributed by atoms with Gasteiger partial charge in [0.2, 0.25) is 0 Å². The van der Waals surface area contributed by atoms with Crippen molar-refractivity contribution in [2.75, 3.05) is 18.4 Å². The van der Waals surface area contributed by atoms with Crippen LogP contribution in [-0.2, 0) is 16.3 Å². The molecule has 1 aromatic carbocycles. The summed E-state index contributed by atoms with van der Waals surface area (Å²) in [4.78, 5) is 18.0. The fourth-order valence-corrected chi connectivity index (χ4v) is 7.55. The number of hydrogen-bond donors (Lipinski definition) is 4. The van der Waals surface area contributed by atoms with Gasteiger partial charge in [-0.1, -0.05) is 11.6 Å². The topological polar surface area (TPSA) is 120 Å². The van der Waals surface area contributed by atoms with Crippen LogP contribution >= 0.6 is 22.9 Å². The first-order chi connectivity index (χ1) is 14.8. The number of nitrogens with zero attached hydrogens (tertiary/aromatic N) is 1. The molecule has 1 aliphatic carbocycles. The van der Waals surface area contributed by atoms with Crippen molar-refractivity contribution in [3.8, 4) is 5.75 Å². The van der Waals surface area contributed by atoms with E-state index in [-0.39, 0.29) is 21.6 Å². The molecule has 0 radical (unpaired) electrons. The Morgan fingerprint density at radius 1 is 1.32 bits per heavy atom. The molecule has 0 saturated carbocycles. The van der Waals surface area contributed by atoms with Crippen LogP contribution in [0.4, 0.5) is 10.5 Å². The highest BCUT2D eigenvalue weighted by atomic mass is 35.5. The van der Waals surface area contributed by atoms with E-state index >= 15 is 0 Å². The highest BCUT2D eigenvalue weighted by Gasteiger charge is 2.34. The lowest BCUT2D eigenvalue weighted by atomic mass is 9.98. The average molecular weight is 485 g/mol. The summed E-state index contributed by atoms with van der Waals surface area (Å²) in [5, 5.41) is 19.5. The lowest BCUT2D eigenvalue weighted by Gasteiger charge is -2.24. The smallest absolute Gasteiger partial charge is 0.319 e. The average Bonchev–Trinajstić information content (AvgIpc) is 3.12. The number of nitrogens with one attached hydrogen (secondary N) is 3. The number of rotatable bonds is 4. The van der Waals surface area contributed by atoms with E-state index in [9.17, 15) is 18.3 Å². The zero-order chi connectivity index (χ0) is 22.2. The number of benzene rings is 1. The molecule has 2 amide bonds. The maximum absolute atomic E-state index is 13.1. The number of sulfone groups is 1. The summed E-state index contributed by atoms with van der Waals surface area (Å²) < 4.78 is 26.2. The van der Waals surface area contributed by atoms with Crippen LogP contribution in [0.15, 0.2) is 17.0 Å². The van der Waals surface area contributed by atoms with Crippen molar-refractivity contribution in [1.29, 1.82) is 0 Å². The van der Waals surface area contributed by atoms with Gasteiger partial charge in [0, 0.05) is 11.4 Å². The van der Waals surface area contributed by atoms with Crippen molar-refractivity contribution in [1.82, 2.24) is 15.6 Å². The van der Waals surface area contributed by atoms with Gasteiger partial charge in [0.05, 0.1) is 32.7 Å². The highest BCUT2D eigenvalue weighted by Crippen LogP contribution is 2.40. The molecule has 0 bridgehead atoms. The number of amides is 2. The van der Waals surface area contributed by atoms with Gasteiger partial charge in [-0.15, -0.1) is 11.3 Å².